The summed E-state index contributed by atoms with van der Waals surface area (Å²) in [7, 11) is 6.13. The minimum Gasteiger partial charge on any atom is -0.481 e. The Balaban J connectivity index is 1.86. The van der Waals surface area contributed by atoms with Crippen molar-refractivity contribution < 1.29 is 14.3 Å². The van der Waals surface area contributed by atoms with Gasteiger partial charge in [0, 0.05) is 11.4 Å². The highest BCUT2D eigenvalue weighted by atomic mass is 19.1. The number of nitrogens with zero attached hydrogens (tertiary/aromatic N) is 1. The zero-order valence-corrected chi connectivity index (χ0v) is 15.9. The van der Waals surface area contributed by atoms with E-state index in [0.717, 1.165) is 45.2 Å². The number of aliphatic carboxylic acids is 1. The molecule has 142 valence electrons. The maximum Gasteiger partial charge on any atom is 0.300 e. The van der Waals surface area contributed by atoms with Gasteiger partial charge in [-0.05, 0) is 62.9 Å². The van der Waals surface area contributed by atoms with E-state index in [-0.39, 0.29) is 5.82 Å². The Kier molecular flexibility index (Phi) is 8.14. The second-order valence-corrected chi connectivity index (χ2v) is 7.62. The molecule has 1 aromatic carbocycles. The molecule has 1 fully saturated rings. The molecular formula is C21H31BFNO2. The van der Waals surface area contributed by atoms with Crippen LogP contribution in [0.1, 0.15) is 76.3 Å². The number of unbranched alkanes of at least 4 members (excludes halogenated alkanes) is 2. The second kappa shape index (κ2) is 10.1. The number of piperidine rings is 1. The minimum absolute atomic E-state index is 0.198. The van der Waals surface area contributed by atoms with E-state index in [4.69, 9.17) is 7.85 Å². The van der Waals surface area contributed by atoms with E-state index in [1.807, 2.05) is 19.1 Å². The molecule has 26 heavy (non-hydrogen) atoms. The second-order valence-electron chi connectivity index (χ2n) is 7.62. The Morgan fingerprint density at radius 1 is 1.23 bits per heavy atom. The van der Waals surface area contributed by atoms with Gasteiger partial charge in [0.2, 0.25) is 0 Å². The van der Waals surface area contributed by atoms with Crippen LogP contribution in [-0.2, 0) is 4.79 Å². The summed E-state index contributed by atoms with van der Waals surface area (Å²) in [6, 6.07) is 7.18. The maximum atomic E-state index is 13.2. The first kappa shape index (κ1) is 21.0. The lowest BCUT2D eigenvalue weighted by Gasteiger charge is -2.36. The van der Waals surface area contributed by atoms with Gasteiger partial charge in [0.15, 0.2) is 0 Å². The van der Waals surface area contributed by atoms with Crippen molar-refractivity contribution in [1.82, 2.24) is 4.90 Å². The van der Waals surface area contributed by atoms with Crippen LogP contribution in [0.15, 0.2) is 24.3 Å². The highest BCUT2D eigenvalue weighted by molar-refractivity contribution is 6.26. The van der Waals surface area contributed by atoms with Gasteiger partial charge >= 0.3 is 5.97 Å². The van der Waals surface area contributed by atoms with Crippen molar-refractivity contribution in [3.63, 3.8) is 0 Å². The Bertz CT molecular complexity index is 566. The SMILES string of the molecule is [B]C(CCCC)(CCCCN1CCCCC1c1ccc(F)cc1)C(=O)O. The zero-order valence-electron chi connectivity index (χ0n) is 15.9. The number of carboxylic acids is 1. The fourth-order valence-electron chi connectivity index (χ4n) is 3.91. The molecule has 5 heteroatoms. The van der Waals surface area contributed by atoms with Crippen molar-refractivity contribution in [3.8, 4) is 0 Å². The summed E-state index contributed by atoms with van der Waals surface area (Å²) < 4.78 is 13.2. The topological polar surface area (TPSA) is 40.5 Å². The molecule has 2 unspecified atom stereocenters. The smallest absolute Gasteiger partial charge is 0.300 e. The van der Waals surface area contributed by atoms with Crippen molar-refractivity contribution in [2.75, 3.05) is 13.1 Å². The van der Waals surface area contributed by atoms with E-state index >= 15 is 0 Å². The molecule has 1 aromatic rings. The molecule has 1 heterocycles. The van der Waals surface area contributed by atoms with Crippen LogP contribution < -0.4 is 0 Å². The minimum atomic E-state index is -1.09. The Morgan fingerprint density at radius 2 is 1.92 bits per heavy atom. The number of carboxylic acid groups (broad SMARTS) is 1. The van der Waals surface area contributed by atoms with E-state index in [0.29, 0.717) is 18.9 Å². The lowest BCUT2D eigenvalue weighted by atomic mass is 9.63. The van der Waals surface area contributed by atoms with Crippen molar-refractivity contribution >= 4 is 13.8 Å². The van der Waals surface area contributed by atoms with Crippen molar-refractivity contribution in [2.24, 2.45) is 0 Å². The van der Waals surface area contributed by atoms with Crippen LogP contribution in [0.4, 0.5) is 4.39 Å². The number of carbonyl (C=O) groups is 1. The van der Waals surface area contributed by atoms with Gasteiger partial charge in [-0.15, -0.1) is 0 Å². The van der Waals surface area contributed by atoms with Gasteiger partial charge < -0.3 is 5.11 Å². The summed E-state index contributed by atoms with van der Waals surface area (Å²) in [6.45, 7) is 4.03. The summed E-state index contributed by atoms with van der Waals surface area (Å²) in [6.07, 6.45) is 8.11. The Labute approximate surface area is 158 Å². The van der Waals surface area contributed by atoms with Crippen LogP contribution in [-0.4, -0.2) is 36.9 Å². The molecule has 0 bridgehead atoms. The van der Waals surface area contributed by atoms with Crippen LogP contribution in [0.2, 0.25) is 5.31 Å². The number of halogens is 1. The van der Waals surface area contributed by atoms with E-state index < -0.39 is 11.3 Å². The molecule has 3 nitrogen and oxygen atoms in total. The number of benzene rings is 1. The van der Waals surface area contributed by atoms with Gasteiger partial charge in [-0.3, -0.25) is 9.69 Å². The monoisotopic (exact) mass is 359 g/mol. The number of rotatable bonds is 10. The van der Waals surface area contributed by atoms with Gasteiger partial charge in [-0.25, -0.2) is 4.39 Å². The molecule has 2 radical (unpaired) electrons. The Morgan fingerprint density at radius 3 is 2.58 bits per heavy atom. The molecule has 0 aromatic heterocycles. The molecule has 2 atom stereocenters. The van der Waals surface area contributed by atoms with Gasteiger partial charge in [0.1, 0.15) is 5.82 Å². The third kappa shape index (κ3) is 5.83. The van der Waals surface area contributed by atoms with Crippen LogP contribution in [0, 0.1) is 5.82 Å². The molecule has 1 aliphatic rings. The number of hydrogen-bond acceptors (Lipinski definition) is 2. The molecule has 0 saturated carbocycles. The summed E-state index contributed by atoms with van der Waals surface area (Å²) in [4.78, 5) is 14.0. The Hall–Kier alpha value is -1.36. The quantitative estimate of drug-likeness (QED) is 0.465. The predicted octanol–water partition coefficient (Wildman–Crippen LogP) is 5.13. The fourth-order valence-corrected chi connectivity index (χ4v) is 3.91. The predicted molar refractivity (Wildman–Crippen MR) is 104 cm³/mol. The van der Waals surface area contributed by atoms with Crippen LogP contribution in [0.25, 0.3) is 0 Å². The van der Waals surface area contributed by atoms with Gasteiger partial charge in [0.05, 0.1) is 7.85 Å². The molecule has 2 rings (SSSR count). The first-order chi connectivity index (χ1) is 12.5. The number of hydrogen-bond donors (Lipinski definition) is 1. The van der Waals surface area contributed by atoms with Crippen LogP contribution in [0.3, 0.4) is 0 Å². The van der Waals surface area contributed by atoms with Crippen molar-refractivity contribution in [3.05, 3.63) is 35.6 Å². The van der Waals surface area contributed by atoms with Crippen molar-refractivity contribution in [1.29, 1.82) is 0 Å². The van der Waals surface area contributed by atoms with Crippen LogP contribution >= 0.6 is 0 Å². The first-order valence-corrected chi connectivity index (χ1v) is 9.98. The molecular weight excluding hydrogens is 328 g/mol. The third-order valence-electron chi connectivity index (χ3n) is 5.59. The average molecular weight is 359 g/mol. The summed E-state index contributed by atoms with van der Waals surface area (Å²) in [5.41, 5.74) is 1.17. The highest BCUT2D eigenvalue weighted by Crippen LogP contribution is 2.36. The largest absolute Gasteiger partial charge is 0.481 e. The lowest BCUT2D eigenvalue weighted by molar-refractivity contribution is -0.141. The molecule has 0 amide bonds. The zero-order chi connectivity index (χ0) is 19.0. The first-order valence-electron chi connectivity index (χ1n) is 9.98. The van der Waals surface area contributed by atoms with Crippen LogP contribution in [0.5, 0.6) is 0 Å². The normalized spacial score (nSPS) is 20.6. The van der Waals surface area contributed by atoms with Gasteiger partial charge in [-0.1, -0.05) is 44.7 Å². The molecule has 0 aliphatic carbocycles. The standard InChI is InChI=1S/C21H31BFNO2/c1-2-3-13-21(22,20(25)26)14-5-7-16-24-15-6-4-8-19(24)17-9-11-18(23)12-10-17/h9-12,19H,2-8,13-16H2,1H3,(H,25,26). The lowest BCUT2D eigenvalue weighted by Crippen LogP contribution is -2.34. The molecule has 0 spiro atoms. The van der Waals surface area contributed by atoms with E-state index in [1.54, 1.807) is 0 Å². The van der Waals surface area contributed by atoms with Gasteiger partial charge in [0.25, 0.3) is 0 Å². The molecule has 1 aliphatic heterocycles. The van der Waals surface area contributed by atoms with E-state index in [9.17, 15) is 14.3 Å². The average Bonchev–Trinajstić information content (AvgIpc) is 2.64. The fraction of sp³-hybridized carbons (Fsp3) is 0.667. The summed E-state index contributed by atoms with van der Waals surface area (Å²) in [5.74, 6) is -1.08. The summed E-state index contributed by atoms with van der Waals surface area (Å²) >= 11 is 0. The highest BCUT2D eigenvalue weighted by Gasteiger charge is 2.31. The number of likely N-dealkylation sites (tertiary alicyclic amines) is 1. The third-order valence-corrected chi connectivity index (χ3v) is 5.59. The van der Waals surface area contributed by atoms with E-state index in [2.05, 4.69) is 4.90 Å². The molecule has 1 N–H and O–H groups in total. The van der Waals surface area contributed by atoms with Crippen molar-refractivity contribution in [2.45, 2.75) is 76.1 Å². The van der Waals surface area contributed by atoms with E-state index in [1.165, 1.54) is 30.5 Å². The maximum absolute atomic E-state index is 13.2. The summed E-state index contributed by atoms with van der Waals surface area (Å²) in [5, 5.41) is 8.37. The molecule has 1 saturated heterocycles. The van der Waals surface area contributed by atoms with Gasteiger partial charge in [-0.2, -0.15) is 0 Å².